The second kappa shape index (κ2) is 14.3. The van der Waals surface area contributed by atoms with Gasteiger partial charge >= 0.3 is 0 Å². The van der Waals surface area contributed by atoms with Crippen LogP contribution in [0.5, 0.6) is 5.75 Å². The van der Waals surface area contributed by atoms with E-state index in [1.54, 1.807) is 30.3 Å². The van der Waals surface area contributed by atoms with Crippen LogP contribution in [0.2, 0.25) is 5.02 Å². The number of sulfonamides is 1. The number of aryl methyl sites for hydroxylation is 3. The third-order valence-corrected chi connectivity index (χ3v) is 9.73. The van der Waals surface area contributed by atoms with Gasteiger partial charge in [-0.25, -0.2) is 13.1 Å². The average molecular weight is 673 g/mol. The van der Waals surface area contributed by atoms with Crippen molar-refractivity contribution < 1.29 is 22.7 Å². The molecule has 0 aliphatic rings. The van der Waals surface area contributed by atoms with E-state index in [4.69, 9.17) is 16.3 Å². The molecule has 0 saturated carbocycles. The highest BCUT2D eigenvalue weighted by Crippen LogP contribution is 2.26. The van der Waals surface area contributed by atoms with E-state index in [1.807, 2.05) is 85.9 Å². The summed E-state index contributed by atoms with van der Waals surface area (Å²) in [6.07, 6.45) is 0.575. The van der Waals surface area contributed by atoms with Gasteiger partial charge in [0, 0.05) is 54.4 Å². The van der Waals surface area contributed by atoms with E-state index in [0.29, 0.717) is 41.5 Å². The van der Waals surface area contributed by atoms with Crippen molar-refractivity contribution in [3.8, 4) is 5.75 Å². The molecule has 47 heavy (non-hydrogen) atoms. The molecule has 0 spiro atoms. The number of carbonyl (C=O) groups excluding carboxylic acids is 2. The molecule has 2 amide bonds. The first kappa shape index (κ1) is 33.6. The molecule has 1 aromatic heterocycles. The maximum Gasteiger partial charge on any atom is 0.281 e. The summed E-state index contributed by atoms with van der Waals surface area (Å²) >= 11 is 6.27. The van der Waals surface area contributed by atoms with Gasteiger partial charge < -0.3 is 19.5 Å². The molecule has 0 saturated heterocycles. The molecule has 1 heterocycles. The number of nitrogens with zero attached hydrogens (tertiary/aromatic N) is 2. The first-order valence-corrected chi connectivity index (χ1v) is 17.0. The van der Waals surface area contributed by atoms with Crippen molar-refractivity contribution in [2.24, 2.45) is 0 Å². The van der Waals surface area contributed by atoms with Crippen molar-refractivity contribution in [1.29, 1.82) is 0 Å². The molecule has 9 nitrogen and oxygen atoms in total. The molecule has 0 unspecified atom stereocenters. The number of rotatable bonds is 12. The first-order valence-electron chi connectivity index (χ1n) is 15.1. The number of fused-ring (bicyclic) bond motifs is 1. The van der Waals surface area contributed by atoms with E-state index >= 15 is 0 Å². The Morgan fingerprint density at radius 2 is 1.57 bits per heavy atom. The lowest BCUT2D eigenvalue weighted by Crippen LogP contribution is -2.32. The Labute approximate surface area is 280 Å². The van der Waals surface area contributed by atoms with Crippen molar-refractivity contribution in [1.82, 2.24) is 14.6 Å². The minimum Gasteiger partial charge on any atom is -0.494 e. The summed E-state index contributed by atoms with van der Waals surface area (Å²) < 4.78 is 36.5. The van der Waals surface area contributed by atoms with Gasteiger partial charge in [0.1, 0.15) is 11.4 Å². The molecule has 0 radical (unpaired) electrons. The van der Waals surface area contributed by atoms with Gasteiger partial charge in [-0.05, 0) is 91.6 Å². The van der Waals surface area contributed by atoms with Gasteiger partial charge in [-0.3, -0.25) is 9.59 Å². The predicted molar refractivity (Wildman–Crippen MR) is 186 cm³/mol. The molecule has 0 aliphatic heterocycles. The summed E-state index contributed by atoms with van der Waals surface area (Å²) in [7, 11) is -0.379. The Hall–Kier alpha value is -4.80. The summed E-state index contributed by atoms with van der Waals surface area (Å²) in [5.41, 5.74) is 5.04. The van der Waals surface area contributed by atoms with Crippen molar-refractivity contribution in [3.63, 3.8) is 0 Å². The van der Waals surface area contributed by atoms with Crippen molar-refractivity contribution >= 4 is 50.0 Å². The molecule has 0 aliphatic carbocycles. The third-order valence-electron chi connectivity index (χ3n) is 7.79. The molecule has 0 fully saturated rings. The highest BCUT2D eigenvalue weighted by atomic mass is 35.5. The lowest BCUT2D eigenvalue weighted by atomic mass is 10.1. The van der Waals surface area contributed by atoms with Crippen LogP contribution in [0, 0.1) is 13.8 Å². The van der Waals surface area contributed by atoms with Crippen LogP contribution in [0.4, 0.5) is 5.69 Å². The molecule has 5 rings (SSSR count). The van der Waals surface area contributed by atoms with Crippen LogP contribution >= 0.6 is 11.6 Å². The highest BCUT2D eigenvalue weighted by molar-refractivity contribution is 7.90. The molecule has 244 valence electrons. The summed E-state index contributed by atoms with van der Waals surface area (Å²) in [6, 6.07) is 26.3. The predicted octanol–water partition coefficient (Wildman–Crippen LogP) is 6.50. The summed E-state index contributed by atoms with van der Waals surface area (Å²) in [4.78, 5) is 27.9. The fourth-order valence-electron chi connectivity index (χ4n) is 5.27. The van der Waals surface area contributed by atoms with Crippen molar-refractivity contribution in [2.75, 3.05) is 25.6 Å². The van der Waals surface area contributed by atoms with Crippen LogP contribution in [-0.2, 0) is 23.1 Å². The lowest BCUT2D eigenvalue weighted by Gasteiger charge is -2.14. The number of benzene rings is 4. The Kier molecular flexibility index (Phi) is 10.2. The second-order valence-corrected chi connectivity index (χ2v) is 13.6. The number of carbonyl (C=O) groups is 2. The van der Waals surface area contributed by atoms with Crippen LogP contribution in [0.25, 0.3) is 10.9 Å². The van der Waals surface area contributed by atoms with E-state index in [0.717, 1.165) is 27.7 Å². The molecular weight excluding hydrogens is 636 g/mol. The standard InChI is InChI=1S/C36H37ClN4O5S/c1-24-19-30(20-25(2)34(24)37)46-18-8-17-41-32-12-6-5-9-27(32)22-33(41)36(43)39-47(44,45)31-15-13-26(14-16-31)23-38-35(42)28-10-7-11-29(21-28)40(3)4/h5-7,9-16,19-22H,8,17-18,23H2,1-4H3,(H,38,42)(H,39,43). The van der Waals surface area contributed by atoms with E-state index in [2.05, 4.69) is 10.0 Å². The zero-order valence-electron chi connectivity index (χ0n) is 26.7. The molecule has 0 bridgehead atoms. The number of halogens is 1. The van der Waals surface area contributed by atoms with Crippen LogP contribution in [0.1, 0.15) is 44.0 Å². The number of hydrogen-bond acceptors (Lipinski definition) is 6. The molecule has 2 N–H and O–H groups in total. The zero-order chi connectivity index (χ0) is 33.7. The molecule has 0 atom stereocenters. The van der Waals surface area contributed by atoms with Gasteiger partial charge in [-0.1, -0.05) is 48.0 Å². The fraction of sp³-hybridized carbons (Fsp3) is 0.222. The molecular formula is C36H37ClN4O5S. The van der Waals surface area contributed by atoms with Gasteiger partial charge in [-0.15, -0.1) is 0 Å². The smallest absolute Gasteiger partial charge is 0.281 e. The van der Waals surface area contributed by atoms with Gasteiger partial charge in [0.2, 0.25) is 0 Å². The number of aromatic nitrogens is 1. The number of hydrogen-bond donors (Lipinski definition) is 2. The van der Waals surface area contributed by atoms with Gasteiger partial charge in [0.25, 0.3) is 21.8 Å². The van der Waals surface area contributed by atoms with E-state index in [-0.39, 0.29) is 23.0 Å². The molecule has 11 heteroatoms. The minimum absolute atomic E-state index is 0.0655. The highest BCUT2D eigenvalue weighted by Gasteiger charge is 2.22. The number of ether oxygens (including phenoxy) is 1. The van der Waals surface area contributed by atoms with E-state index in [1.165, 1.54) is 12.1 Å². The number of nitrogens with one attached hydrogen (secondary N) is 2. The van der Waals surface area contributed by atoms with Crippen LogP contribution < -0.4 is 19.7 Å². The summed E-state index contributed by atoms with van der Waals surface area (Å²) in [5, 5.41) is 4.39. The summed E-state index contributed by atoms with van der Waals surface area (Å²) in [5.74, 6) is -0.258. The summed E-state index contributed by atoms with van der Waals surface area (Å²) in [6.45, 7) is 4.88. The largest absolute Gasteiger partial charge is 0.494 e. The van der Waals surface area contributed by atoms with Crippen molar-refractivity contribution in [2.45, 2.75) is 38.3 Å². The first-order chi connectivity index (χ1) is 22.4. The fourth-order valence-corrected chi connectivity index (χ4v) is 6.34. The quantitative estimate of drug-likeness (QED) is 0.147. The molecule has 5 aromatic rings. The third kappa shape index (κ3) is 7.96. The number of amides is 2. The molecule has 4 aromatic carbocycles. The van der Waals surface area contributed by atoms with Gasteiger partial charge in [0.15, 0.2) is 0 Å². The average Bonchev–Trinajstić information content (AvgIpc) is 3.43. The topological polar surface area (TPSA) is 110 Å². The van der Waals surface area contributed by atoms with Gasteiger partial charge in [-0.2, -0.15) is 0 Å². The number of para-hydroxylation sites is 1. The maximum absolute atomic E-state index is 13.4. The van der Waals surface area contributed by atoms with Gasteiger partial charge in [0.05, 0.1) is 11.5 Å². The normalized spacial score (nSPS) is 11.3. The van der Waals surface area contributed by atoms with Crippen molar-refractivity contribution in [3.05, 3.63) is 124 Å². The minimum atomic E-state index is -4.18. The Balaban J connectivity index is 1.23. The zero-order valence-corrected chi connectivity index (χ0v) is 28.3. The Morgan fingerprint density at radius 1 is 0.872 bits per heavy atom. The SMILES string of the molecule is Cc1cc(OCCCn2c(C(=O)NS(=O)(=O)c3ccc(CNC(=O)c4cccc(N(C)C)c4)cc3)cc3ccccc32)cc(C)c1Cl. The van der Waals surface area contributed by atoms with E-state index in [9.17, 15) is 18.0 Å². The Morgan fingerprint density at radius 3 is 2.28 bits per heavy atom. The number of anilines is 1. The Bertz CT molecular complexity index is 2020. The van der Waals surface area contributed by atoms with Crippen LogP contribution in [0.15, 0.2) is 95.9 Å². The maximum atomic E-state index is 13.4. The second-order valence-electron chi connectivity index (χ2n) is 11.5. The van der Waals surface area contributed by atoms with Crippen LogP contribution in [-0.4, -0.2) is 45.5 Å². The van der Waals surface area contributed by atoms with E-state index < -0.39 is 15.9 Å². The lowest BCUT2D eigenvalue weighted by molar-refractivity contribution is 0.0948. The van der Waals surface area contributed by atoms with Crippen LogP contribution in [0.3, 0.4) is 0 Å². The monoisotopic (exact) mass is 672 g/mol.